The van der Waals surface area contributed by atoms with Crippen LogP contribution in [0.3, 0.4) is 0 Å². The number of carbonyl (C=O) groups excluding carboxylic acids is 1. The number of hydrogen-bond acceptors (Lipinski definition) is 4. The second-order valence-corrected chi connectivity index (χ2v) is 4.24. The molecule has 120 valence electrons. The Labute approximate surface area is 127 Å². The number of halogens is 3. The summed E-state index contributed by atoms with van der Waals surface area (Å²) < 4.78 is 30.7. The summed E-state index contributed by atoms with van der Waals surface area (Å²) >= 11 is 0. The fourth-order valence-corrected chi connectivity index (χ4v) is 1.40. The summed E-state index contributed by atoms with van der Waals surface area (Å²) in [5.74, 6) is -2.09. The van der Waals surface area contributed by atoms with Gasteiger partial charge in [0.05, 0.1) is 0 Å². The number of carbonyl (C=O) groups is 1. The van der Waals surface area contributed by atoms with Gasteiger partial charge in [0.2, 0.25) is 5.91 Å². The van der Waals surface area contributed by atoms with E-state index in [2.05, 4.69) is 5.32 Å². The van der Waals surface area contributed by atoms with Gasteiger partial charge in [0.1, 0.15) is 18.5 Å². The Morgan fingerprint density at radius 1 is 1.38 bits per heavy atom. The molecule has 0 aliphatic heterocycles. The summed E-state index contributed by atoms with van der Waals surface area (Å²) in [4.78, 5) is 11.3. The van der Waals surface area contributed by atoms with Crippen LogP contribution in [0, 0.1) is 11.6 Å². The third-order valence-electron chi connectivity index (χ3n) is 2.48. The van der Waals surface area contributed by atoms with Crippen molar-refractivity contribution in [1.82, 2.24) is 5.32 Å². The average Bonchev–Trinajstić information content (AvgIpc) is 2.44. The molecule has 0 aliphatic carbocycles. The van der Waals surface area contributed by atoms with Gasteiger partial charge in [-0.05, 0) is 25.1 Å². The van der Waals surface area contributed by atoms with E-state index in [0.29, 0.717) is 19.4 Å². The lowest BCUT2D eigenvalue weighted by molar-refractivity contribution is -0.121. The summed E-state index contributed by atoms with van der Waals surface area (Å²) in [5, 5.41) is 12.1. The first-order valence-corrected chi connectivity index (χ1v) is 6.25. The zero-order chi connectivity index (χ0) is 15.0. The minimum atomic E-state index is -1.02. The Morgan fingerprint density at radius 3 is 2.71 bits per heavy atom. The molecule has 0 saturated carbocycles. The van der Waals surface area contributed by atoms with Crippen LogP contribution in [0.25, 0.3) is 0 Å². The fourth-order valence-electron chi connectivity index (χ4n) is 1.40. The minimum Gasteiger partial charge on any atom is -0.491 e. The van der Waals surface area contributed by atoms with Crippen molar-refractivity contribution >= 4 is 18.3 Å². The summed E-state index contributed by atoms with van der Waals surface area (Å²) in [7, 11) is 0. The van der Waals surface area contributed by atoms with E-state index < -0.39 is 17.7 Å². The fraction of sp³-hybridized carbons (Fsp3) is 0.462. The van der Waals surface area contributed by atoms with Crippen LogP contribution in [0.15, 0.2) is 18.2 Å². The highest BCUT2D eigenvalue weighted by atomic mass is 35.5. The van der Waals surface area contributed by atoms with Crippen molar-refractivity contribution < 1.29 is 23.4 Å². The van der Waals surface area contributed by atoms with Gasteiger partial charge in [-0.3, -0.25) is 4.79 Å². The predicted octanol–water partition coefficient (Wildman–Crippen LogP) is 0.981. The highest BCUT2D eigenvalue weighted by Gasteiger charge is 2.09. The smallest absolute Gasteiger partial charge is 0.220 e. The van der Waals surface area contributed by atoms with E-state index in [1.54, 1.807) is 0 Å². The Morgan fingerprint density at radius 2 is 2.10 bits per heavy atom. The topological polar surface area (TPSA) is 84.6 Å². The lowest BCUT2D eigenvalue weighted by Crippen LogP contribution is -2.35. The molecule has 1 aromatic carbocycles. The second kappa shape index (κ2) is 10.3. The molecule has 0 heterocycles. The molecule has 0 saturated heterocycles. The van der Waals surface area contributed by atoms with Crippen LogP contribution in [0.5, 0.6) is 5.75 Å². The van der Waals surface area contributed by atoms with E-state index in [1.165, 1.54) is 6.07 Å². The zero-order valence-corrected chi connectivity index (χ0v) is 12.2. The van der Waals surface area contributed by atoms with Gasteiger partial charge in [0.25, 0.3) is 0 Å². The predicted molar refractivity (Wildman–Crippen MR) is 76.4 cm³/mol. The van der Waals surface area contributed by atoms with Crippen molar-refractivity contribution in [3.8, 4) is 5.75 Å². The number of ether oxygens (including phenoxy) is 1. The largest absolute Gasteiger partial charge is 0.491 e. The highest BCUT2D eigenvalue weighted by Crippen LogP contribution is 2.15. The Hall–Kier alpha value is -1.44. The molecule has 5 nitrogen and oxygen atoms in total. The maximum atomic E-state index is 12.9. The van der Waals surface area contributed by atoms with Crippen LogP contribution in [-0.2, 0) is 4.79 Å². The SMILES string of the molecule is Cl.NCCCC(=O)NCC(O)COc1ccc(F)c(F)c1. The molecule has 1 aromatic rings. The van der Waals surface area contributed by atoms with E-state index in [4.69, 9.17) is 10.5 Å². The number of benzene rings is 1. The molecule has 8 heteroatoms. The van der Waals surface area contributed by atoms with Crippen molar-refractivity contribution in [3.05, 3.63) is 29.8 Å². The second-order valence-electron chi connectivity index (χ2n) is 4.24. The molecule has 0 bridgehead atoms. The van der Waals surface area contributed by atoms with E-state index in [0.717, 1.165) is 12.1 Å². The van der Waals surface area contributed by atoms with Crippen LogP contribution in [0.4, 0.5) is 8.78 Å². The van der Waals surface area contributed by atoms with Crippen LogP contribution in [0.2, 0.25) is 0 Å². The number of nitrogens with two attached hydrogens (primary N) is 1. The van der Waals surface area contributed by atoms with Crippen LogP contribution in [-0.4, -0.2) is 36.8 Å². The zero-order valence-electron chi connectivity index (χ0n) is 11.4. The van der Waals surface area contributed by atoms with Gasteiger partial charge in [-0.2, -0.15) is 0 Å². The standard InChI is InChI=1S/C13H18F2N2O3.ClH/c14-11-4-3-10(6-12(11)15)20-8-9(18)7-17-13(19)2-1-5-16;/h3-4,6,9,18H,1-2,5,7-8,16H2,(H,17,19);1H. The van der Waals surface area contributed by atoms with Gasteiger partial charge in [-0.15, -0.1) is 12.4 Å². The first kappa shape index (κ1) is 19.6. The number of amides is 1. The highest BCUT2D eigenvalue weighted by molar-refractivity contribution is 5.85. The molecule has 0 radical (unpaired) electrons. The summed E-state index contributed by atoms with van der Waals surface area (Å²) in [6.45, 7) is 0.310. The van der Waals surface area contributed by atoms with Gasteiger partial charge in [-0.25, -0.2) is 8.78 Å². The molecule has 0 fully saturated rings. The van der Waals surface area contributed by atoms with E-state index in [9.17, 15) is 18.7 Å². The van der Waals surface area contributed by atoms with Gasteiger partial charge in [0.15, 0.2) is 11.6 Å². The molecule has 1 atom stereocenters. The van der Waals surface area contributed by atoms with Crippen molar-refractivity contribution in [2.45, 2.75) is 18.9 Å². The maximum Gasteiger partial charge on any atom is 0.220 e. The van der Waals surface area contributed by atoms with Crippen molar-refractivity contribution in [2.75, 3.05) is 19.7 Å². The normalized spacial score (nSPS) is 11.4. The molecule has 0 aliphatic rings. The monoisotopic (exact) mass is 324 g/mol. The Bertz CT molecular complexity index is 449. The van der Waals surface area contributed by atoms with Crippen molar-refractivity contribution in [3.63, 3.8) is 0 Å². The van der Waals surface area contributed by atoms with E-state index in [1.807, 2.05) is 0 Å². The van der Waals surface area contributed by atoms with E-state index >= 15 is 0 Å². The molecule has 1 rings (SSSR count). The lowest BCUT2D eigenvalue weighted by Gasteiger charge is -2.13. The average molecular weight is 325 g/mol. The summed E-state index contributed by atoms with van der Waals surface area (Å²) in [6, 6.07) is 3.08. The van der Waals surface area contributed by atoms with Gasteiger partial charge in [0, 0.05) is 19.0 Å². The number of nitrogens with one attached hydrogen (secondary N) is 1. The number of aliphatic hydroxyl groups is 1. The first-order chi connectivity index (χ1) is 9.52. The van der Waals surface area contributed by atoms with Crippen molar-refractivity contribution in [1.29, 1.82) is 0 Å². The third-order valence-corrected chi connectivity index (χ3v) is 2.48. The molecule has 21 heavy (non-hydrogen) atoms. The molecule has 0 aromatic heterocycles. The Balaban J connectivity index is 0.00000400. The molecule has 1 unspecified atom stereocenters. The summed E-state index contributed by atoms with van der Waals surface area (Å²) in [6.07, 6.45) is -0.0643. The quantitative estimate of drug-likeness (QED) is 0.665. The maximum absolute atomic E-state index is 12.9. The number of hydrogen-bond donors (Lipinski definition) is 3. The number of aliphatic hydroxyl groups excluding tert-OH is 1. The van der Waals surface area contributed by atoms with Gasteiger partial charge < -0.3 is 20.9 Å². The summed E-state index contributed by atoms with van der Waals surface area (Å²) in [5.41, 5.74) is 5.26. The van der Waals surface area contributed by atoms with Crippen LogP contribution in [0.1, 0.15) is 12.8 Å². The van der Waals surface area contributed by atoms with Crippen LogP contribution >= 0.6 is 12.4 Å². The molecular weight excluding hydrogens is 306 g/mol. The van der Waals surface area contributed by atoms with Crippen LogP contribution < -0.4 is 15.8 Å². The van der Waals surface area contributed by atoms with Crippen molar-refractivity contribution in [2.24, 2.45) is 5.73 Å². The molecular formula is C13H19ClF2N2O3. The first-order valence-electron chi connectivity index (χ1n) is 6.25. The molecule has 4 N–H and O–H groups in total. The molecule has 0 spiro atoms. The number of rotatable bonds is 8. The van der Waals surface area contributed by atoms with E-state index in [-0.39, 0.29) is 37.2 Å². The van der Waals surface area contributed by atoms with Gasteiger partial charge in [-0.1, -0.05) is 0 Å². The van der Waals surface area contributed by atoms with Gasteiger partial charge >= 0.3 is 0 Å². The molecule has 1 amide bonds. The minimum absolute atomic E-state index is 0. The lowest BCUT2D eigenvalue weighted by atomic mass is 10.3. The Kier molecular flexibility index (Phi) is 9.60. The third kappa shape index (κ3) is 7.79.